The maximum absolute atomic E-state index is 14.3. The Morgan fingerprint density at radius 2 is 1.88 bits per heavy atom. The number of halogens is 5. The van der Waals surface area contributed by atoms with Gasteiger partial charge in [-0.05, 0) is 38.0 Å². The summed E-state index contributed by atoms with van der Waals surface area (Å²) in [5, 5.41) is 6.67. The first-order chi connectivity index (χ1) is 18.3. The summed E-state index contributed by atoms with van der Waals surface area (Å²) in [6.07, 6.45) is -2.39. The van der Waals surface area contributed by atoms with Gasteiger partial charge in [-0.2, -0.15) is 18.3 Å². The average Bonchev–Trinajstić information content (AvgIpc) is 3.34. The Morgan fingerprint density at radius 3 is 2.48 bits per heavy atom. The van der Waals surface area contributed by atoms with Crippen LogP contribution in [0.15, 0.2) is 24.5 Å². The van der Waals surface area contributed by atoms with Crippen LogP contribution in [0.25, 0.3) is 5.65 Å². The number of pyridine rings is 1. The fourth-order valence-corrected chi connectivity index (χ4v) is 6.01. The van der Waals surface area contributed by atoms with E-state index in [0.717, 1.165) is 16.3 Å². The summed E-state index contributed by atoms with van der Waals surface area (Å²) in [4.78, 5) is 22.5. The molecule has 0 aromatic carbocycles. The van der Waals surface area contributed by atoms with Gasteiger partial charge in [-0.25, -0.2) is 19.3 Å². The van der Waals surface area contributed by atoms with Gasteiger partial charge in [-0.1, -0.05) is 44.0 Å². The Hall–Kier alpha value is -2.61. The zero-order valence-corrected chi connectivity index (χ0v) is 25.7. The summed E-state index contributed by atoms with van der Waals surface area (Å²) in [5.41, 5.74) is -2.39. The van der Waals surface area contributed by atoms with Crippen LogP contribution in [0.4, 0.5) is 29.3 Å². The molecule has 2 atom stereocenters. The van der Waals surface area contributed by atoms with Gasteiger partial charge in [0.05, 0.1) is 35.6 Å². The van der Waals surface area contributed by atoms with E-state index >= 15 is 0 Å². The van der Waals surface area contributed by atoms with Crippen LogP contribution in [0.2, 0.25) is 28.3 Å². The molecule has 9 nitrogen and oxygen atoms in total. The van der Waals surface area contributed by atoms with E-state index in [9.17, 15) is 18.0 Å². The summed E-state index contributed by atoms with van der Waals surface area (Å²) in [7, 11) is -1.99. The molecule has 0 aliphatic carbocycles. The molecule has 1 aliphatic rings. The lowest BCUT2D eigenvalue weighted by molar-refractivity contribution is -0.181. The molecule has 3 aromatic rings. The molecule has 4 rings (SSSR count). The number of fused-ring (bicyclic) bond motifs is 3. The van der Waals surface area contributed by atoms with Crippen molar-refractivity contribution in [3.05, 3.63) is 40.4 Å². The van der Waals surface area contributed by atoms with Crippen molar-refractivity contribution in [3.63, 3.8) is 0 Å². The Labute approximate surface area is 241 Å². The van der Waals surface area contributed by atoms with Crippen molar-refractivity contribution in [1.29, 1.82) is 0 Å². The van der Waals surface area contributed by atoms with Gasteiger partial charge in [0.2, 0.25) is 5.88 Å². The lowest BCUT2D eigenvalue weighted by atomic mass is 9.88. The minimum Gasteiger partial charge on any atom is -0.474 e. The molecule has 0 saturated heterocycles. The Kier molecular flexibility index (Phi) is 7.84. The maximum Gasteiger partial charge on any atom is 0.401 e. The third-order valence-corrected chi connectivity index (χ3v) is 12.5. The molecule has 1 N–H and O–H groups in total. The van der Waals surface area contributed by atoms with Crippen molar-refractivity contribution in [2.24, 2.45) is 0 Å². The number of aromatic nitrogens is 4. The first-order valence-corrected chi connectivity index (χ1v) is 16.2. The fourth-order valence-electron chi connectivity index (χ4n) is 4.19. The molecule has 0 bridgehead atoms. The zero-order valence-electron chi connectivity index (χ0n) is 23.2. The van der Waals surface area contributed by atoms with Crippen molar-refractivity contribution in [1.82, 2.24) is 19.6 Å². The SMILES string of the molecule is C[C@@H](COc1ncc(NC(=O)N2C[C@@](C)(C(F)(F)F)c3c2cnc2cc(Cl)nn32)cc1Cl)O[Si](C)(C)C(C)(C)C. The Bertz CT molecular complexity index is 1450. The number of nitrogens with zero attached hydrogens (tertiary/aromatic N) is 5. The van der Waals surface area contributed by atoms with Gasteiger partial charge < -0.3 is 14.5 Å². The van der Waals surface area contributed by atoms with Gasteiger partial charge in [-0.15, -0.1) is 0 Å². The molecular weight excluding hydrogens is 588 g/mol. The van der Waals surface area contributed by atoms with E-state index in [4.69, 9.17) is 32.4 Å². The molecule has 0 saturated carbocycles. The second-order valence-electron chi connectivity index (χ2n) is 11.6. The maximum atomic E-state index is 14.3. The number of carbonyl (C=O) groups excluding carboxylic acids is 1. The number of urea groups is 1. The highest BCUT2D eigenvalue weighted by Gasteiger charge is 2.60. The second kappa shape index (κ2) is 10.3. The minimum atomic E-state index is -4.70. The lowest BCUT2D eigenvalue weighted by Crippen LogP contribution is -2.46. The molecule has 3 aromatic heterocycles. The number of rotatable bonds is 6. The molecule has 0 unspecified atom stereocenters. The predicted octanol–water partition coefficient (Wildman–Crippen LogP) is 7.09. The molecule has 0 spiro atoms. The topological polar surface area (TPSA) is 93.9 Å². The third kappa shape index (κ3) is 5.61. The van der Waals surface area contributed by atoms with Crippen LogP contribution in [0.5, 0.6) is 5.88 Å². The second-order valence-corrected chi connectivity index (χ2v) is 17.1. The molecule has 4 heterocycles. The van der Waals surface area contributed by atoms with E-state index in [1.54, 1.807) is 0 Å². The molecule has 1 aliphatic heterocycles. The standard InChI is InChI=1S/C25H31Cl2F3N6O3Si/c1-14(39-40(6,7)23(2,3)4)12-38-21-16(26)8-15(10-32-21)33-22(37)35-13-24(5,25(28,29)30)20-17(35)11-31-19-9-18(27)34-36(19)20/h8-11,14H,12-13H2,1-7H3,(H,33,37)/t14-,24+/m0/s1. The smallest absolute Gasteiger partial charge is 0.401 e. The van der Waals surface area contributed by atoms with Gasteiger partial charge in [0.25, 0.3) is 0 Å². The van der Waals surface area contributed by atoms with Crippen LogP contribution >= 0.6 is 23.2 Å². The van der Waals surface area contributed by atoms with E-state index in [1.165, 1.54) is 24.5 Å². The summed E-state index contributed by atoms with van der Waals surface area (Å²) in [6, 6.07) is 1.94. The third-order valence-electron chi connectivity index (χ3n) is 7.41. The molecule has 0 fully saturated rings. The van der Waals surface area contributed by atoms with Crippen LogP contribution in [0.1, 0.15) is 40.3 Å². The Morgan fingerprint density at radius 1 is 1.20 bits per heavy atom. The minimum absolute atomic E-state index is 0.0164. The van der Waals surface area contributed by atoms with Crippen LogP contribution < -0.4 is 15.0 Å². The van der Waals surface area contributed by atoms with Crippen molar-refractivity contribution in [3.8, 4) is 5.88 Å². The Balaban J connectivity index is 1.50. The number of amides is 2. The summed E-state index contributed by atoms with van der Waals surface area (Å²) >= 11 is 12.3. The molecule has 2 amide bonds. The highest BCUT2D eigenvalue weighted by molar-refractivity contribution is 6.74. The van der Waals surface area contributed by atoms with Gasteiger partial charge in [0.15, 0.2) is 19.1 Å². The summed E-state index contributed by atoms with van der Waals surface area (Å²) in [6.45, 7) is 13.2. The van der Waals surface area contributed by atoms with Gasteiger partial charge in [-0.3, -0.25) is 4.90 Å². The van der Waals surface area contributed by atoms with Crippen LogP contribution in [-0.2, 0) is 9.84 Å². The van der Waals surface area contributed by atoms with E-state index in [1.807, 2.05) is 6.92 Å². The zero-order chi connectivity index (χ0) is 29.8. The number of carbonyl (C=O) groups is 1. The number of hydrogen-bond acceptors (Lipinski definition) is 6. The lowest BCUT2D eigenvalue weighted by Gasteiger charge is -2.38. The van der Waals surface area contributed by atoms with Crippen molar-refractivity contribution < 1.29 is 27.1 Å². The highest BCUT2D eigenvalue weighted by Crippen LogP contribution is 2.50. The number of ether oxygens (including phenoxy) is 1. The number of anilines is 2. The number of nitrogens with one attached hydrogen (secondary N) is 1. The van der Waals surface area contributed by atoms with E-state index < -0.39 is 32.5 Å². The fraction of sp³-hybridized carbons (Fsp3) is 0.520. The van der Waals surface area contributed by atoms with Crippen molar-refractivity contribution in [2.75, 3.05) is 23.4 Å². The van der Waals surface area contributed by atoms with Gasteiger partial charge >= 0.3 is 12.2 Å². The summed E-state index contributed by atoms with van der Waals surface area (Å²) in [5.74, 6) is 0.142. The molecular formula is C25H31Cl2F3N6O3Si. The number of hydrogen-bond donors (Lipinski definition) is 1. The van der Waals surface area contributed by atoms with E-state index in [2.05, 4.69) is 54.2 Å². The first kappa shape index (κ1) is 30.3. The normalized spacial score (nSPS) is 18.6. The predicted molar refractivity (Wildman–Crippen MR) is 150 cm³/mol. The monoisotopic (exact) mass is 618 g/mol. The van der Waals surface area contributed by atoms with Gasteiger partial charge in [0.1, 0.15) is 17.0 Å². The van der Waals surface area contributed by atoms with E-state index in [0.29, 0.717) is 0 Å². The summed E-state index contributed by atoms with van der Waals surface area (Å²) < 4.78 is 55.9. The van der Waals surface area contributed by atoms with Crippen molar-refractivity contribution >= 4 is 54.6 Å². The largest absolute Gasteiger partial charge is 0.474 e. The molecule has 15 heteroatoms. The molecule has 0 radical (unpaired) electrons. The molecule has 40 heavy (non-hydrogen) atoms. The highest BCUT2D eigenvalue weighted by atomic mass is 35.5. The number of alkyl halides is 3. The van der Waals surface area contributed by atoms with Crippen LogP contribution in [-0.4, -0.2) is 59.4 Å². The van der Waals surface area contributed by atoms with E-state index in [-0.39, 0.29) is 56.5 Å². The van der Waals surface area contributed by atoms with Crippen LogP contribution in [0, 0.1) is 0 Å². The quantitative estimate of drug-likeness (QED) is 0.296. The van der Waals surface area contributed by atoms with Crippen molar-refractivity contribution in [2.45, 2.75) is 70.4 Å². The van der Waals surface area contributed by atoms with Crippen LogP contribution in [0.3, 0.4) is 0 Å². The average molecular weight is 620 g/mol. The molecule has 218 valence electrons. The first-order valence-electron chi connectivity index (χ1n) is 12.5. The van der Waals surface area contributed by atoms with Gasteiger partial charge in [0, 0.05) is 12.6 Å².